The van der Waals surface area contributed by atoms with Gasteiger partial charge in [0.1, 0.15) is 24.7 Å². The Hall–Kier alpha value is -6.88. The fourth-order valence-electron chi connectivity index (χ4n) is 6.10. The second kappa shape index (κ2) is 18.0. The van der Waals surface area contributed by atoms with E-state index < -0.39 is 0 Å². The van der Waals surface area contributed by atoms with Gasteiger partial charge in [-0.2, -0.15) is 0 Å². The number of rotatable bonds is 16. The molecule has 0 amide bonds. The summed E-state index contributed by atoms with van der Waals surface area (Å²) in [5.74, 6) is 1.36. The van der Waals surface area contributed by atoms with Crippen LogP contribution in [0.5, 0.6) is 11.5 Å². The molecule has 0 fully saturated rings. The standard InChI is InChI=1S/C46H38N6O4/c1-5-17-47-39(9-1)43-27-37(28-44(51-43)40-10-2-6-18-48-40)55-23-21-53-31-33-13-15-36-26-34(14-16-35(36)25-33)32-54-22-24-56-38-29-45(41-11-3-7-19-49-41)52-46(30-38)42-12-4-8-20-50-42/h1-20,25-30H,21-24,31-32H2. The summed E-state index contributed by atoms with van der Waals surface area (Å²) in [6.45, 7) is 2.57. The van der Waals surface area contributed by atoms with Crippen LogP contribution in [0.4, 0.5) is 0 Å². The quantitative estimate of drug-likeness (QED) is 0.0890. The van der Waals surface area contributed by atoms with Gasteiger partial charge in [-0.15, -0.1) is 0 Å². The summed E-state index contributed by atoms with van der Waals surface area (Å²) in [6.07, 6.45) is 7.01. The van der Waals surface area contributed by atoms with Crippen LogP contribution in [0.2, 0.25) is 0 Å². The number of hydrogen-bond donors (Lipinski definition) is 0. The second-order valence-electron chi connectivity index (χ2n) is 12.8. The maximum atomic E-state index is 6.12. The van der Waals surface area contributed by atoms with Crippen LogP contribution in [0.1, 0.15) is 11.1 Å². The molecule has 10 nitrogen and oxygen atoms in total. The first-order chi connectivity index (χ1) is 27.7. The van der Waals surface area contributed by atoms with Crippen LogP contribution < -0.4 is 9.47 Å². The molecule has 0 aliphatic rings. The van der Waals surface area contributed by atoms with Crippen molar-refractivity contribution in [1.82, 2.24) is 29.9 Å². The number of fused-ring (bicyclic) bond motifs is 1. The van der Waals surface area contributed by atoms with Crippen LogP contribution in [0.15, 0.2) is 158 Å². The van der Waals surface area contributed by atoms with Gasteiger partial charge in [0.2, 0.25) is 0 Å². The lowest BCUT2D eigenvalue weighted by Gasteiger charge is -2.12. The fourth-order valence-corrected chi connectivity index (χ4v) is 6.10. The molecule has 10 heteroatoms. The molecule has 8 rings (SSSR count). The predicted molar refractivity (Wildman–Crippen MR) is 216 cm³/mol. The average molecular weight is 739 g/mol. The van der Waals surface area contributed by atoms with Gasteiger partial charge in [-0.3, -0.25) is 19.9 Å². The van der Waals surface area contributed by atoms with Gasteiger partial charge in [0, 0.05) is 49.1 Å². The normalized spacial score (nSPS) is 11.1. The number of pyridine rings is 6. The topological polar surface area (TPSA) is 114 Å². The van der Waals surface area contributed by atoms with Crippen molar-refractivity contribution in [1.29, 1.82) is 0 Å². The third-order valence-corrected chi connectivity index (χ3v) is 8.81. The monoisotopic (exact) mass is 738 g/mol. The van der Waals surface area contributed by atoms with Gasteiger partial charge >= 0.3 is 0 Å². The summed E-state index contributed by atoms with van der Waals surface area (Å²) in [4.78, 5) is 27.4. The first-order valence-electron chi connectivity index (χ1n) is 18.4. The third-order valence-electron chi connectivity index (χ3n) is 8.81. The first-order valence-corrected chi connectivity index (χ1v) is 18.4. The Kier molecular flexibility index (Phi) is 11.6. The number of benzene rings is 2. The molecule has 0 spiro atoms. The zero-order valence-corrected chi connectivity index (χ0v) is 30.6. The fraction of sp³-hybridized carbons (Fsp3) is 0.130. The van der Waals surface area contributed by atoms with E-state index in [-0.39, 0.29) is 0 Å². The van der Waals surface area contributed by atoms with Crippen LogP contribution in [0, 0.1) is 0 Å². The molecule has 0 aliphatic heterocycles. The largest absolute Gasteiger partial charge is 0.491 e. The molecule has 2 aromatic carbocycles. The molecule has 0 radical (unpaired) electrons. The van der Waals surface area contributed by atoms with Crippen molar-refractivity contribution in [3.05, 3.63) is 169 Å². The van der Waals surface area contributed by atoms with Gasteiger partial charge in [0.15, 0.2) is 0 Å². The summed E-state index contributed by atoms with van der Waals surface area (Å²) >= 11 is 0. The Bertz CT molecular complexity index is 2200. The molecule has 276 valence electrons. The van der Waals surface area contributed by atoms with Crippen molar-refractivity contribution in [2.24, 2.45) is 0 Å². The molecule has 6 aromatic heterocycles. The Morgan fingerprint density at radius 1 is 0.339 bits per heavy atom. The maximum absolute atomic E-state index is 6.12. The van der Waals surface area contributed by atoms with Gasteiger partial charge in [-0.1, -0.05) is 48.5 Å². The highest BCUT2D eigenvalue weighted by atomic mass is 16.5. The van der Waals surface area contributed by atoms with Gasteiger partial charge < -0.3 is 18.9 Å². The molecule has 8 aromatic rings. The lowest BCUT2D eigenvalue weighted by molar-refractivity contribution is 0.0888. The van der Waals surface area contributed by atoms with Gasteiger partial charge in [0.25, 0.3) is 0 Å². The Morgan fingerprint density at radius 3 is 1.02 bits per heavy atom. The van der Waals surface area contributed by atoms with E-state index >= 15 is 0 Å². The van der Waals surface area contributed by atoms with E-state index in [1.807, 2.05) is 97.1 Å². The molecule has 56 heavy (non-hydrogen) atoms. The molecule has 0 atom stereocenters. The van der Waals surface area contributed by atoms with Crippen molar-refractivity contribution >= 4 is 10.8 Å². The van der Waals surface area contributed by atoms with Crippen LogP contribution >= 0.6 is 0 Å². The summed E-state index contributed by atoms with van der Waals surface area (Å²) in [5.41, 5.74) is 8.12. The Labute approximate surface area is 324 Å². The lowest BCUT2D eigenvalue weighted by atomic mass is 10.0. The Balaban J connectivity index is 0.814. The molecule has 6 heterocycles. The van der Waals surface area contributed by atoms with E-state index in [0.717, 1.165) is 67.5 Å². The van der Waals surface area contributed by atoms with Crippen LogP contribution in [-0.2, 0) is 22.7 Å². The molecule has 0 unspecified atom stereocenters. The summed E-state index contributed by atoms with van der Waals surface area (Å²) in [7, 11) is 0. The zero-order valence-electron chi connectivity index (χ0n) is 30.6. The van der Waals surface area contributed by atoms with E-state index in [1.54, 1.807) is 24.8 Å². The predicted octanol–water partition coefficient (Wildman–Crippen LogP) is 9.07. The van der Waals surface area contributed by atoms with Gasteiger partial charge in [-0.25, -0.2) is 9.97 Å². The van der Waals surface area contributed by atoms with Gasteiger partial charge in [-0.05, 0) is 82.6 Å². The second-order valence-corrected chi connectivity index (χ2v) is 12.8. The van der Waals surface area contributed by atoms with Crippen LogP contribution in [-0.4, -0.2) is 56.3 Å². The minimum atomic E-state index is 0.385. The smallest absolute Gasteiger partial charge is 0.123 e. The first kappa shape index (κ1) is 36.1. The molecular formula is C46H38N6O4. The highest BCUT2D eigenvalue weighted by Crippen LogP contribution is 2.28. The van der Waals surface area contributed by atoms with E-state index in [1.165, 1.54) is 0 Å². The van der Waals surface area contributed by atoms with Crippen LogP contribution in [0.25, 0.3) is 56.3 Å². The maximum Gasteiger partial charge on any atom is 0.123 e. The van der Waals surface area contributed by atoms with E-state index in [9.17, 15) is 0 Å². The molecule has 0 saturated carbocycles. The average Bonchev–Trinajstić information content (AvgIpc) is 3.27. The van der Waals surface area contributed by atoms with Crippen LogP contribution in [0.3, 0.4) is 0 Å². The summed E-state index contributed by atoms with van der Waals surface area (Å²) in [5, 5.41) is 2.28. The molecule has 0 aliphatic carbocycles. The van der Waals surface area contributed by atoms with Crippen molar-refractivity contribution in [3.63, 3.8) is 0 Å². The highest BCUT2D eigenvalue weighted by molar-refractivity contribution is 5.83. The van der Waals surface area contributed by atoms with E-state index in [4.69, 9.17) is 28.9 Å². The van der Waals surface area contributed by atoms with Crippen molar-refractivity contribution in [3.8, 4) is 57.1 Å². The highest BCUT2D eigenvalue weighted by Gasteiger charge is 2.12. The van der Waals surface area contributed by atoms with Crippen molar-refractivity contribution < 1.29 is 18.9 Å². The zero-order chi connectivity index (χ0) is 37.8. The summed E-state index contributed by atoms with van der Waals surface area (Å²) < 4.78 is 24.2. The van der Waals surface area contributed by atoms with E-state index in [2.05, 4.69) is 56.3 Å². The third kappa shape index (κ3) is 9.43. The van der Waals surface area contributed by atoms with E-state index in [0.29, 0.717) is 51.1 Å². The number of ether oxygens (including phenoxy) is 4. The summed E-state index contributed by atoms with van der Waals surface area (Å²) in [6, 6.07) is 43.3. The number of nitrogens with zero attached hydrogens (tertiary/aromatic N) is 6. The SMILES string of the molecule is c1ccc(-c2cc(OCCOCc3ccc4cc(COCCOc5cc(-c6ccccn6)nc(-c6ccccn6)c5)ccc4c3)cc(-c3ccccn3)n2)nc1. The number of hydrogen-bond acceptors (Lipinski definition) is 10. The van der Waals surface area contributed by atoms with Crippen molar-refractivity contribution in [2.45, 2.75) is 13.2 Å². The molecule has 0 saturated heterocycles. The lowest BCUT2D eigenvalue weighted by Crippen LogP contribution is -2.07. The Morgan fingerprint density at radius 2 is 0.696 bits per heavy atom. The molecule has 0 bridgehead atoms. The molecular weight excluding hydrogens is 701 g/mol. The van der Waals surface area contributed by atoms with Gasteiger partial charge in [0.05, 0.1) is 72.0 Å². The minimum Gasteiger partial charge on any atom is -0.491 e. The minimum absolute atomic E-state index is 0.385. The number of aromatic nitrogens is 6. The van der Waals surface area contributed by atoms with Crippen molar-refractivity contribution in [2.75, 3.05) is 26.4 Å². The molecule has 0 N–H and O–H groups in total.